The number of benzene rings is 1. The predicted molar refractivity (Wildman–Crippen MR) is 70.4 cm³/mol. The summed E-state index contributed by atoms with van der Waals surface area (Å²) in [6, 6.07) is 7.43. The first-order valence-corrected chi connectivity index (χ1v) is 5.99. The average molecular weight is 271 g/mol. The Hall–Kier alpha value is -2.47. The van der Waals surface area contributed by atoms with Crippen molar-refractivity contribution in [1.29, 1.82) is 0 Å². The molecule has 0 fully saturated rings. The van der Waals surface area contributed by atoms with Crippen LogP contribution in [0.1, 0.15) is 0 Å². The largest absolute Gasteiger partial charge is 0.271 e. The van der Waals surface area contributed by atoms with Gasteiger partial charge in [-0.05, 0) is 24.3 Å². The Balaban J connectivity index is 2.02. The van der Waals surface area contributed by atoms with E-state index < -0.39 is 0 Å². The summed E-state index contributed by atoms with van der Waals surface area (Å²) in [5, 5.41) is 13.8. The second kappa shape index (κ2) is 3.76. The lowest BCUT2D eigenvalue weighted by Gasteiger charge is -2.02. The van der Waals surface area contributed by atoms with Crippen LogP contribution in [0.2, 0.25) is 5.02 Å². The number of fused-ring (bicyclic) bond motifs is 3. The Kier molecular flexibility index (Phi) is 2.07. The molecule has 0 bridgehead atoms. The summed E-state index contributed by atoms with van der Waals surface area (Å²) in [7, 11) is 0. The van der Waals surface area contributed by atoms with Crippen LogP contribution in [0.4, 0.5) is 0 Å². The van der Waals surface area contributed by atoms with Gasteiger partial charge in [-0.25, -0.2) is 9.67 Å². The molecule has 0 unspecified atom stereocenters. The van der Waals surface area contributed by atoms with Crippen LogP contribution >= 0.6 is 11.6 Å². The highest BCUT2D eigenvalue weighted by atomic mass is 35.5. The molecule has 4 aromatic rings. The van der Waals surface area contributed by atoms with Crippen molar-refractivity contribution in [3.05, 3.63) is 48.1 Å². The normalized spacial score (nSPS) is 11.4. The summed E-state index contributed by atoms with van der Waals surface area (Å²) >= 11 is 5.89. The fourth-order valence-electron chi connectivity index (χ4n) is 2.03. The molecular formula is C12H7ClN6. The topological polar surface area (TPSA) is 60.9 Å². The van der Waals surface area contributed by atoms with Gasteiger partial charge in [-0.2, -0.15) is 5.10 Å². The Morgan fingerprint density at radius 3 is 2.68 bits per heavy atom. The molecule has 19 heavy (non-hydrogen) atoms. The standard InChI is InChI=1S/C12H7ClN6/c13-8-1-3-9(4-2-8)19-11-10(5-16-19)12-17-15-7-18(12)6-14-11/h1-7H. The van der Waals surface area contributed by atoms with Crippen molar-refractivity contribution >= 4 is 28.3 Å². The van der Waals surface area contributed by atoms with Crippen molar-refractivity contribution in [1.82, 2.24) is 29.4 Å². The second-order valence-corrected chi connectivity index (χ2v) is 4.51. The third-order valence-electron chi connectivity index (χ3n) is 2.93. The molecule has 0 atom stereocenters. The van der Waals surface area contributed by atoms with E-state index in [0.29, 0.717) is 5.02 Å². The van der Waals surface area contributed by atoms with Crippen LogP contribution in [0.3, 0.4) is 0 Å². The third-order valence-corrected chi connectivity index (χ3v) is 3.19. The maximum Gasteiger partial charge on any atom is 0.174 e. The van der Waals surface area contributed by atoms with E-state index in [0.717, 1.165) is 22.4 Å². The van der Waals surface area contributed by atoms with Gasteiger partial charge in [-0.1, -0.05) is 11.6 Å². The molecule has 6 nitrogen and oxygen atoms in total. The van der Waals surface area contributed by atoms with Crippen molar-refractivity contribution in [2.45, 2.75) is 0 Å². The maximum absolute atomic E-state index is 5.89. The summed E-state index contributed by atoms with van der Waals surface area (Å²) in [5.41, 5.74) is 2.38. The van der Waals surface area contributed by atoms with E-state index in [2.05, 4.69) is 20.3 Å². The van der Waals surface area contributed by atoms with Crippen molar-refractivity contribution in [3.8, 4) is 5.69 Å². The highest BCUT2D eigenvalue weighted by Crippen LogP contribution is 2.20. The van der Waals surface area contributed by atoms with Crippen LogP contribution in [-0.4, -0.2) is 29.4 Å². The molecule has 0 amide bonds. The third kappa shape index (κ3) is 1.50. The van der Waals surface area contributed by atoms with E-state index in [4.69, 9.17) is 11.6 Å². The first-order valence-electron chi connectivity index (χ1n) is 5.61. The lowest BCUT2D eigenvalue weighted by atomic mass is 10.3. The van der Waals surface area contributed by atoms with E-state index in [9.17, 15) is 0 Å². The molecule has 0 aliphatic carbocycles. The number of hydrogen-bond acceptors (Lipinski definition) is 4. The van der Waals surface area contributed by atoms with Crippen LogP contribution in [0.5, 0.6) is 0 Å². The Labute approximate surface area is 112 Å². The summed E-state index contributed by atoms with van der Waals surface area (Å²) in [6.07, 6.45) is 5.02. The van der Waals surface area contributed by atoms with Gasteiger partial charge in [0.2, 0.25) is 0 Å². The molecule has 0 saturated carbocycles. The first kappa shape index (κ1) is 10.5. The van der Waals surface area contributed by atoms with Crippen LogP contribution in [0, 0.1) is 0 Å². The predicted octanol–water partition coefficient (Wildman–Crippen LogP) is 2.12. The Morgan fingerprint density at radius 2 is 1.84 bits per heavy atom. The number of nitrogens with zero attached hydrogens (tertiary/aromatic N) is 6. The van der Waals surface area contributed by atoms with E-state index in [1.54, 1.807) is 27.9 Å². The van der Waals surface area contributed by atoms with E-state index >= 15 is 0 Å². The minimum atomic E-state index is 0.688. The van der Waals surface area contributed by atoms with Crippen LogP contribution in [0.15, 0.2) is 43.1 Å². The van der Waals surface area contributed by atoms with Gasteiger partial charge in [-0.3, -0.25) is 4.40 Å². The van der Waals surface area contributed by atoms with Crippen LogP contribution in [-0.2, 0) is 0 Å². The van der Waals surface area contributed by atoms with Crippen LogP contribution < -0.4 is 0 Å². The Bertz CT molecular complexity index is 876. The minimum Gasteiger partial charge on any atom is -0.271 e. The fraction of sp³-hybridized carbons (Fsp3) is 0. The van der Waals surface area contributed by atoms with Gasteiger partial charge in [0.15, 0.2) is 11.3 Å². The van der Waals surface area contributed by atoms with Crippen molar-refractivity contribution in [2.24, 2.45) is 0 Å². The molecule has 0 spiro atoms. The smallest absolute Gasteiger partial charge is 0.174 e. The molecule has 92 valence electrons. The highest BCUT2D eigenvalue weighted by molar-refractivity contribution is 6.30. The van der Waals surface area contributed by atoms with E-state index in [1.165, 1.54) is 0 Å². The highest BCUT2D eigenvalue weighted by Gasteiger charge is 2.10. The summed E-state index contributed by atoms with van der Waals surface area (Å²) < 4.78 is 3.51. The zero-order valence-electron chi connectivity index (χ0n) is 9.60. The monoisotopic (exact) mass is 270 g/mol. The number of halogens is 1. The van der Waals surface area contributed by atoms with Crippen LogP contribution in [0.25, 0.3) is 22.4 Å². The van der Waals surface area contributed by atoms with E-state index in [1.807, 2.05) is 24.3 Å². The Morgan fingerprint density at radius 1 is 1.00 bits per heavy atom. The average Bonchev–Trinajstić information content (AvgIpc) is 3.04. The molecular weight excluding hydrogens is 264 g/mol. The molecule has 0 aliphatic heterocycles. The quantitative estimate of drug-likeness (QED) is 0.531. The van der Waals surface area contributed by atoms with Crippen molar-refractivity contribution in [3.63, 3.8) is 0 Å². The van der Waals surface area contributed by atoms with Gasteiger partial charge in [0.1, 0.15) is 12.7 Å². The SMILES string of the molecule is Clc1ccc(-n2ncc3c2ncn2cnnc32)cc1. The molecule has 3 heterocycles. The summed E-state index contributed by atoms with van der Waals surface area (Å²) in [6.45, 7) is 0. The lowest BCUT2D eigenvalue weighted by molar-refractivity contribution is 0.893. The second-order valence-electron chi connectivity index (χ2n) is 4.08. The molecule has 3 aromatic heterocycles. The fourth-order valence-corrected chi connectivity index (χ4v) is 2.16. The molecule has 4 rings (SSSR count). The van der Waals surface area contributed by atoms with Gasteiger partial charge < -0.3 is 0 Å². The van der Waals surface area contributed by atoms with Gasteiger partial charge in [0.05, 0.1) is 17.3 Å². The molecule has 0 saturated heterocycles. The van der Waals surface area contributed by atoms with Gasteiger partial charge >= 0.3 is 0 Å². The summed E-state index contributed by atoms with van der Waals surface area (Å²) in [4.78, 5) is 4.39. The number of rotatable bonds is 1. The number of hydrogen-bond donors (Lipinski definition) is 0. The maximum atomic E-state index is 5.89. The van der Waals surface area contributed by atoms with E-state index in [-0.39, 0.29) is 0 Å². The zero-order chi connectivity index (χ0) is 12.8. The molecule has 0 N–H and O–H groups in total. The zero-order valence-corrected chi connectivity index (χ0v) is 10.4. The molecule has 0 radical (unpaired) electrons. The van der Waals surface area contributed by atoms with Crippen molar-refractivity contribution < 1.29 is 0 Å². The van der Waals surface area contributed by atoms with Gasteiger partial charge in [0, 0.05) is 5.02 Å². The summed E-state index contributed by atoms with van der Waals surface area (Å²) in [5.74, 6) is 0. The van der Waals surface area contributed by atoms with Gasteiger partial charge in [-0.15, -0.1) is 10.2 Å². The lowest BCUT2D eigenvalue weighted by Crippen LogP contribution is -1.98. The van der Waals surface area contributed by atoms with Crippen molar-refractivity contribution in [2.75, 3.05) is 0 Å². The molecule has 1 aromatic carbocycles. The minimum absolute atomic E-state index is 0.688. The number of aromatic nitrogens is 6. The van der Waals surface area contributed by atoms with Gasteiger partial charge in [0.25, 0.3) is 0 Å². The molecule has 7 heteroatoms. The molecule has 0 aliphatic rings. The first-order chi connectivity index (χ1) is 9.33.